The Morgan fingerprint density at radius 2 is 2.23 bits per heavy atom. The highest BCUT2D eigenvalue weighted by molar-refractivity contribution is 5.68. The lowest BCUT2D eigenvalue weighted by molar-refractivity contribution is -0.880. The molecular weight excluding hydrogens is 282 g/mol. The van der Waals surface area contributed by atoms with Gasteiger partial charge in [-0.05, 0) is 26.7 Å². The van der Waals surface area contributed by atoms with E-state index in [4.69, 9.17) is 9.47 Å². The summed E-state index contributed by atoms with van der Waals surface area (Å²) >= 11 is 0. The lowest BCUT2D eigenvalue weighted by atomic mass is 9.72. The fourth-order valence-electron chi connectivity index (χ4n) is 4.02. The van der Waals surface area contributed by atoms with Crippen LogP contribution in [-0.2, 0) is 14.3 Å². The molecule has 0 spiro atoms. The van der Waals surface area contributed by atoms with Crippen molar-refractivity contribution in [3.63, 3.8) is 0 Å². The molecule has 2 heterocycles. The molecule has 2 aliphatic rings. The lowest BCUT2D eigenvalue weighted by Gasteiger charge is -2.57. The molecule has 5 heteroatoms. The molecule has 0 aliphatic carbocycles. The zero-order chi connectivity index (χ0) is 16.4. The number of rotatable bonds is 6. The summed E-state index contributed by atoms with van der Waals surface area (Å²) in [7, 11) is 0. The largest absolute Gasteiger partial charge is 0.393 e. The van der Waals surface area contributed by atoms with Gasteiger partial charge >= 0.3 is 5.91 Å². The molecular formula is C17H30NO4+. The summed E-state index contributed by atoms with van der Waals surface area (Å²) < 4.78 is 12.1. The normalized spacial score (nSPS) is 39.3. The molecule has 1 saturated heterocycles. The van der Waals surface area contributed by atoms with Crippen LogP contribution in [0.5, 0.6) is 0 Å². The van der Waals surface area contributed by atoms with Crippen LogP contribution in [0.15, 0.2) is 12.3 Å². The zero-order valence-electron chi connectivity index (χ0n) is 14.2. The van der Waals surface area contributed by atoms with Crippen molar-refractivity contribution in [2.24, 2.45) is 5.92 Å². The highest BCUT2D eigenvalue weighted by Gasteiger charge is 2.63. The maximum atomic E-state index is 12.5. The van der Waals surface area contributed by atoms with Crippen LogP contribution in [0.2, 0.25) is 0 Å². The Balaban J connectivity index is 2.43. The summed E-state index contributed by atoms with van der Waals surface area (Å²) in [6, 6.07) is 0. The molecule has 0 saturated carbocycles. The molecule has 2 rings (SSSR count). The van der Waals surface area contributed by atoms with Crippen LogP contribution in [0.1, 0.15) is 40.5 Å². The van der Waals surface area contributed by atoms with E-state index in [0.29, 0.717) is 26.4 Å². The number of aliphatic hydroxyl groups is 1. The average Bonchev–Trinajstić information content (AvgIpc) is 2.43. The molecule has 1 fully saturated rings. The van der Waals surface area contributed by atoms with Gasteiger partial charge in [0.25, 0.3) is 0 Å². The summed E-state index contributed by atoms with van der Waals surface area (Å²) in [5.74, 6) is 0.0676. The van der Waals surface area contributed by atoms with Gasteiger partial charge in [-0.1, -0.05) is 6.92 Å². The molecule has 0 bridgehead atoms. The van der Waals surface area contributed by atoms with E-state index in [1.165, 1.54) is 0 Å². The van der Waals surface area contributed by atoms with Crippen molar-refractivity contribution in [1.82, 2.24) is 0 Å². The van der Waals surface area contributed by atoms with Crippen molar-refractivity contribution in [2.75, 3.05) is 26.4 Å². The van der Waals surface area contributed by atoms with E-state index in [2.05, 4.69) is 6.92 Å². The molecule has 2 aliphatic heterocycles. The molecule has 22 heavy (non-hydrogen) atoms. The van der Waals surface area contributed by atoms with Crippen LogP contribution < -0.4 is 0 Å². The second-order valence-corrected chi connectivity index (χ2v) is 6.62. The Morgan fingerprint density at radius 3 is 2.64 bits per heavy atom. The van der Waals surface area contributed by atoms with E-state index in [-0.39, 0.29) is 22.4 Å². The summed E-state index contributed by atoms with van der Waals surface area (Å²) in [5.41, 5.74) is -0.531. The maximum Gasteiger partial charge on any atom is 0.316 e. The van der Waals surface area contributed by atoms with Gasteiger partial charge in [-0.3, -0.25) is 0 Å². The number of hydrogen-bond acceptors (Lipinski definition) is 4. The SMILES string of the molecule is CCOCC1([N+]2(C(C)=O)C=CC2)COC(CC)CC1[C@H](C)O. The van der Waals surface area contributed by atoms with E-state index >= 15 is 0 Å². The third kappa shape index (κ3) is 2.64. The van der Waals surface area contributed by atoms with Gasteiger partial charge in [0.1, 0.15) is 26.0 Å². The lowest BCUT2D eigenvalue weighted by Crippen LogP contribution is -2.76. The standard InChI is InChI=1S/C17H30NO4/c1-5-15-10-16(13(3)19)17(12-22-15,11-21-6-2)18(14(4)20)8-7-9-18/h7-8,13,15-16,19H,5-6,9-12H2,1-4H3/q+1/t13-,15?,16?,17?,18?/m0/s1. The van der Waals surface area contributed by atoms with Crippen LogP contribution in [0, 0.1) is 5.92 Å². The van der Waals surface area contributed by atoms with Gasteiger partial charge in [-0.25, -0.2) is 9.28 Å². The van der Waals surface area contributed by atoms with Gasteiger partial charge in [-0.15, -0.1) is 0 Å². The number of nitrogens with zero attached hydrogens (tertiary/aromatic N) is 1. The highest BCUT2D eigenvalue weighted by Crippen LogP contribution is 2.45. The third-order valence-electron chi connectivity index (χ3n) is 5.48. The Morgan fingerprint density at radius 1 is 1.55 bits per heavy atom. The van der Waals surface area contributed by atoms with Gasteiger partial charge < -0.3 is 14.6 Å². The molecule has 5 nitrogen and oxygen atoms in total. The minimum atomic E-state index is -0.531. The highest BCUT2D eigenvalue weighted by atomic mass is 16.5. The van der Waals surface area contributed by atoms with Crippen LogP contribution >= 0.6 is 0 Å². The van der Waals surface area contributed by atoms with Gasteiger partial charge in [0.15, 0.2) is 5.54 Å². The van der Waals surface area contributed by atoms with E-state index < -0.39 is 11.6 Å². The fraction of sp³-hybridized carbons (Fsp3) is 0.824. The van der Waals surface area contributed by atoms with Gasteiger partial charge in [0.05, 0.1) is 19.1 Å². The van der Waals surface area contributed by atoms with Crippen molar-refractivity contribution in [3.05, 3.63) is 12.3 Å². The van der Waals surface area contributed by atoms with Gasteiger partial charge in [0, 0.05) is 18.6 Å². The van der Waals surface area contributed by atoms with E-state index in [1.54, 1.807) is 6.92 Å². The number of aliphatic hydroxyl groups excluding tert-OH is 1. The molecule has 0 aromatic rings. The van der Waals surface area contributed by atoms with Crippen LogP contribution in [-0.4, -0.2) is 59.6 Å². The first-order chi connectivity index (χ1) is 10.4. The van der Waals surface area contributed by atoms with Gasteiger partial charge in [0.2, 0.25) is 0 Å². The minimum absolute atomic E-state index is 0.0217. The molecule has 1 amide bonds. The Bertz CT molecular complexity index is 436. The maximum absolute atomic E-state index is 12.5. The minimum Gasteiger partial charge on any atom is -0.393 e. The van der Waals surface area contributed by atoms with E-state index in [9.17, 15) is 9.90 Å². The van der Waals surface area contributed by atoms with Crippen LogP contribution in [0.3, 0.4) is 0 Å². The number of ether oxygens (including phenoxy) is 2. The number of quaternary nitrogens is 1. The summed E-state index contributed by atoms with van der Waals surface area (Å²) in [4.78, 5) is 12.5. The molecule has 5 atom stereocenters. The number of carbonyl (C=O) groups is 1. The summed E-state index contributed by atoms with van der Waals surface area (Å²) in [5, 5.41) is 10.4. The predicted octanol–water partition coefficient (Wildman–Crippen LogP) is 1.85. The van der Waals surface area contributed by atoms with Crippen molar-refractivity contribution >= 4 is 5.91 Å². The first-order valence-corrected chi connectivity index (χ1v) is 8.37. The van der Waals surface area contributed by atoms with Crippen molar-refractivity contribution in [2.45, 2.75) is 58.3 Å². The van der Waals surface area contributed by atoms with Crippen molar-refractivity contribution in [1.29, 1.82) is 0 Å². The Hall–Kier alpha value is -0.750. The second kappa shape index (κ2) is 6.79. The molecule has 0 aromatic heterocycles. The molecule has 0 radical (unpaired) electrons. The topological polar surface area (TPSA) is 55.8 Å². The summed E-state index contributed by atoms with van der Waals surface area (Å²) in [6.07, 6.45) is 5.30. The first kappa shape index (κ1) is 17.6. The number of carbonyl (C=O) groups excluding carboxylic acids is 1. The van der Waals surface area contributed by atoms with Crippen LogP contribution in [0.25, 0.3) is 0 Å². The smallest absolute Gasteiger partial charge is 0.316 e. The second-order valence-electron chi connectivity index (χ2n) is 6.62. The number of amides is 1. The monoisotopic (exact) mass is 312 g/mol. The Labute approximate surface area is 133 Å². The molecule has 126 valence electrons. The molecule has 4 unspecified atom stereocenters. The zero-order valence-corrected chi connectivity index (χ0v) is 14.2. The van der Waals surface area contributed by atoms with Gasteiger partial charge in [-0.2, -0.15) is 0 Å². The van der Waals surface area contributed by atoms with E-state index in [1.807, 2.05) is 26.1 Å². The van der Waals surface area contributed by atoms with Crippen LogP contribution in [0.4, 0.5) is 0 Å². The third-order valence-corrected chi connectivity index (χ3v) is 5.48. The van der Waals surface area contributed by atoms with Crippen molar-refractivity contribution < 1.29 is 23.9 Å². The predicted molar refractivity (Wildman–Crippen MR) is 84.0 cm³/mol. The Kier molecular flexibility index (Phi) is 5.43. The van der Waals surface area contributed by atoms with Crippen molar-refractivity contribution in [3.8, 4) is 0 Å². The number of hydrogen-bond donors (Lipinski definition) is 1. The molecule has 1 N–H and O–H groups in total. The van der Waals surface area contributed by atoms with E-state index in [0.717, 1.165) is 12.8 Å². The fourth-order valence-corrected chi connectivity index (χ4v) is 4.02. The quantitative estimate of drug-likeness (QED) is 0.761. The first-order valence-electron chi connectivity index (χ1n) is 8.37. The summed E-state index contributed by atoms with van der Waals surface area (Å²) in [6.45, 7) is 9.63. The molecule has 0 aromatic carbocycles. The average molecular weight is 312 g/mol.